The van der Waals surface area contributed by atoms with Crippen LogP contribution in [-0.4, -0.2) is 16.9 Å². The highest BCUT2D eigenvalue weighted by molar-refractivity contribution is 6.31. The van der Waals surface area contributed by atoms with Gasteiger partial charge in [-0.2, -0.15) is 5.10 Å². The third-order valence-electron chi connectivity index (χ3n) is 3.34. The number of halogens is 1. The van der Waals surface area contributed by atoms with Crippen molar-refractivity contribution in [2.75, 3.05) is 7.11 Å². The number of benzene rings is 1. The SMILES string of the molecule is CCCn1ncc(Cl)c1C(N)c1ccc(OC)c(C)c1. The van der Waals surface area contributed by atoms with Gasteiger partial charge in [0.1, 0.15) is 5.75 Å². The van der Waals surface area contributed by atoms with Gasteiger partial charge in [0.25, 0.3) is 0 Å². The van der Waals surface area contributed by atoms with E-state index in [1.54, 1.807) is 13.3 Å². The standard InChI is InChI=1S/C15H20ClN3O/c1-4-7-19-15(12(16)9-18-19)14(17)11-5-6-13(20-3)10(2)8-11/h5-6,8-9,14H,4,7,17H2,1-3H3. The monoisotopic (exact) mass is 293 g/mol. The summed E-state index contributed by atoms with van der Waals surface area (Å²) in [6, 6.07) is 5.64. The predicted molar refractivity (Wildman–Crippen MR) is 81.3 cm³/mol. The molecule has 20 heavy (non-hydrogen) atoms. The van der Waals surface area contributed by atoms with Crippen molar-refractivity contribution in [3.05, 3.63) is 46.2 Å². The van der Waals surface area contributed by atoms with Crippen molar-refractivity contribution >= 4 is 11.6 Å². The lowest BCUT2D eigenvalue weighted by atomic mass is 10.0. The smallest absolute Gasteiger partial charge is 0.121 e. The Morgan fingerprint density at radius 2 is 2.20 bits per heavy atom. The van der Waals surface area contributed by atoms with Gasteiger partial charge in [-0.3, -0.25) is 4.68 Å². The van der Waals surface area contributed by atoms with Crippen LogP contribution in [0.5, 0.6) is 5.75 Å². The van der Waals surface area contributed by atoms with Crippen molar-refractivity contribution in [2.24, 2.45) is 5.73 Å². The molecular weight excluding hydrogens is 274 g/mol. The fourth-order valence-electron chi connectivity index (χ4n) is 2.32. The molecule has 0 aliphatic rings. The molecule has 0 saturated carbocycles. The van der Waals surface area contributed by atoms with Gasteiger partial charge in [0.05, 0.1) is 30.1 Å². The van der Waals surface area contributed by atoms with Crippen LogP contribution < -0.4 is 10.5 Å². The van der Waals surface area contributed by atoms with E-state index in [4.69, 9.17) is 22.1 Å². The van der Waals surface area contributed by atoms with Crippen LogP contribution >= 0.6 is 11.6 Å². The maximum atomic E-state index is 6.37. The van der Waals surface area contributed by atoms with Gasteiger partial charge in [-0.25, -0.2) is 0 Å². The fourth-order valence-corrected chi connectivity index (χ4v) is 2.58. The van der Waals surface area contributed by atoms with E-state index in [-0.39, 0.29) is 6.04 Å². The molecule has 5 heteroatoms. The first-order valence-electron chi connectivity index (χ1n) is 6.69. The van der Waals surface area contributed by atoms with E-state index in [0.717, 1.165) is 35.5 Å². The fraction of sp³-hybridized carbons (Fsp3) is 0.400. The van der Waals surface area contributed by atoms with Crippen molar-refractivity contribution in [1.82, 2.24) is 9.78 Å². The van der Waals surface area contributed by atoms with Crippen LogP contribution in [0.15, 0.2) is 24.4 Å². The number of ether oxygens (including phenoxy) is 1. The number of hydrogen-bond acceptors (Lipinski definition) is 3. The number of methoxy groups -OCH3 is 1. The van der Waals surface area contributed by atoms with Crippen molar-refractivity contribution in [1.29, 1.82) is 0 Å². The molecule has 0 aliphatic heterocycles. The van der Waals surface area contributed by atoms with Gasteiger partial charge in [-0.1, -0.05) is 30.7 Å². The lowest BCUT2D eigenvalue weighted by Crippen LogP contribution is -2.18. The number of aromatic nitrogens is 2. The summed E-state index contributed by atoms with van der Waals surface area (Å²) in [5, 5.41) is 4.90. The topological polar surface area (TPSA) is 53.1 Å². The van der Waals surface area contributed by atoms with Gasteiger partial charge in [0.15, 0.2) is 0 Å². The van der Waals surface area contributed by atoms with Crippen LogP contribution in [0.25, 0.3) is 0 Å². The Morgan fingerprint density at radius 3 is 2.80 bits per heavy atom. The maximum Gasteiger partial charge on any atom is 0.121 e. The van der Waals surface area contributed by atoms with Gasteiger partial charge in [0.2, 0.25) is 0 Å². The quantitative estimate of drug-likeness (QED) is 0.920. The van der Waals surface area contributed by atoms with E-state index in [9.17, 15) is 0 Å². The third kappa shape index (κ3) is 2.81. The number of nitrogens with two attached hydrogens (primary N) is 1. The third-order valence-corrected chi connectivity index (χ3v) is 3.63. The van der Waals surface area contributed by atoms with Crippen molar-refractivity contribution in [2.45, 2.75) is 32.9 Å². The molecule has 0 saturated heterocycles. The summed E-state index contributed by atoms with van der Waals surface area (Å²) in [5.74, 6) is 0.856. The minimum Gasteiger partial charge on any atom is -0.496 e. The molecule has 0 fully saturated rings. The highest BCUT2D eigenvalue weighted by Gasteiger charge is 2.19. The zero-order chi connectivity index (χ0) is 14.7. The molecular formula is C15H20ClN3O. The molecule has 1 atom stereocenters. The molecule has 2 rings (SSSR count). The van der Waals surface area contributed by atoms with Gasteiger partial charge in [0, 0.05) is 6.54 Å². The molecule has 0 aliphatic carbocycles. The van der Waals surface area contributed by atoms with Crippen LogP contribution in [0.4, 0.5) is 0 Å². The number of nitrogens with zero attached hydrogens (tertiary/aromatic N) is 2. The summed E-state index contributed by atoms with van der Waals surface area (Å²) in [6.45, 7) is 4.91. The summed E-state index contributed by atoms with van der Waals surface area (Å²) in [5.41, 5.74) is 9.28. The van der Waals surface area contributed by atoms with E-state index >= 15 is 0 Å². The Labute approximate surface area is 124 Å². The highest BCUT2D eigenvalue weighted by Crippen LogP contribution is 2.29. The molecule has 108 valence electrons. The molecule has 0 radical (unpaired) electrons. The molecule has 4 nitrogen and oxygen atoms in total. The molecule has 1 aromatic carbocycles. The largest absolute Gasteiger partial charge is 0.496 e. The molecule has 1 unspecified atom stereocenters. The molecule has 1 heterocycles. The highest BCUT2D eigenvalue weighted by atomic mass is 35.5. The van der Waals surface area contributed by atoms with Crippen molar-refractivity contribution in [3.8, 4) is 5.75 Å². The van der Waals surface area contributed by atoms with Crippen LogP contribution in [0.2, 0.25) is 5.02 Å². The minimum atomic E-state index is -0.291. The second kappa shape index (κ2) is 6.29. The lowest BCUT2D eigenvalue weighted by Gasteiger charge is -2.16. The Morgan fingerprint density at radius 1 is 1.45 bits per heavy atom. The lowest BCUT2D eigenvalue weighted by molar-refractivity contribution is 0.411. The van der Waals surface area contributed by atoms with Crippen molar-refractivity contribution < 1.29 is 4.74 Å². The van der Waals surface area contributed by atoms with Crippen LogP contribution in [0.3, 0.4) is 0 Å². The van der Waals surface area contributed by atoms with E-state index < -0.39 is 0 Å². The number of hydrogen-bond donors (Lipinski definition) is 1. The van der Waals surface area contributed by atoms with Crippen LogP contribution in [0, 0.1) is 6.92 Å². The first-order chi connectivity index (χ1) is 9.58. The minimum absolute atomic E-state index is 0.291. The first kappa shape index (κ1) is 14.9. The van der Waals surface area contributed by atoms with Crippen LogP contribution in [-0.2, 0) is 6.54 Å². The van der Waals surface area contributed by atoms with Crippen LogP contribution in [0.1, 0.15) is 36.2 Å². The molecule has 1 aromatic heterocycles. The van der Waals surface area contributed by atoms with E-state index in [1.807, 2.05) is 29.8 Å². The van der Waals surface area contributed by atoms with Gasteiger partial charge in [-0.05, 0) is 30.5 Å². The Balaban J connectivity index is 2.38. The average Bonchev–Trinajstić information content (AvgIpc) is 2.79. The summed E-state index contributed by atoms with van der Waals surface area (Å²) in [7, 11) is 1.66. The number of aryl methyl sites for hydroxylation is 2. The normalized spacial score (nSPS) is 12.4. The molecule has 2 aromatic rings. The summed E-state index contributed by atoms with van der Waals surface area (Å²) >= 11 is 6.24. The Bertz CT molecular complexity index is 595. The van der Waals surface area contributed by atoms with Gasteiger partial charge in [-0.15, -0.1) is 0 Å². The second-order valence-electron chi connectivity index (χ2n) is 4.81. The first-order valence-corrected chi connectivity index (χ1v) is 7.07. The Hall–Kier alpha value is -1.52. The number of rotatable bonds is 5. The summed E-state index contributed by atoms with van der Waals surface area (Å²) < 4.78 is 7.15. The average molecular weight is 294 g/mol. The second-order valence-corrected chi connectivity index (χ2v) is 5.21. The van der Waals surface area contributed by atoms with E-state index in [1.165, 1.54) is 0 Å². The Kier molecular flexibility index (Phi) is 4.68. The van der Waals surface area contributed by atoms with E-state index in [2.05, 4.69) is 12.0 Å². The molecule has 2 N–H and O–H groups in total. The van der Waals surface area contributed by atoms with Crippen molar-refractivity contribution in [3.63, 3.8) is 0 Å². The zero-order valence-electron chi connectivity index (χ0n) is 12.1. The maximum absolute atomic E-state index is 6.37. The summed E-state index contributed by atoms with van der Waals surface area (Å²) in [4.78, 5) is 0. The van der Waals surface area contributed by atoms with Gasteiger partial charge < -0.3 is 10.5 Å². The predicted octanol–water partition coefficient (Wildman–Crippen LogP) is 3.31. The van der Waals surface area contributed by atoms with E-state index in [0.29, 0.717) is 5.02 Å². The van der Waals surface area contributed by atoms with Gasteiger partial charge >= 0.3 is 0 Å². The molecule has 0 spiro atoms. The molecule has 0 bridgehead atoms. The zero-order valence-corrected chi connectivity index (χ0v) is 12.8. The summed E-state index contributed by atoms with van der Waals surface area (Å²) in [6.07, 6.45) is 2.64. The molecule has 0 amide bonds.